The fraction of sp³-hybridized carbons (Fsp3) is 0.250. The number of aryl methyl sites for hydroxylation is 2. The smallest absolute Gasteiger partial charge is 0.277 e. The molecule has 0 fully saturated rings. The molecule has 0 bridgehead atoms. The van der Waals surface area contributed by atoms with Crippen LogP contribution in [0.2, 0.25) is 0 Å². The molecular weight excluding hydrogens is 312 g/mol. The zero-order valence-corrected chi connectivity index (χ0v) is 13.7. The van der Waals surface area contributed by atoms with E-state index in [1.54, 1.807) is 0 Å². The van der Waals surface area contributed by atoms with Gasteiger partial charge in [0, 0.05) is 12.6 Å². The Kier molecular flexibility index (Phi) is 4.20. The van der Waals surface area contributed by atoms with E-state index < -0.39 is 0 Å². The quantitative estimate of drug-likeness (QED) is 0.799. The van der Waals surface area contributed by atoms with Crippen LogP contribution < -0.4 is 10.9 Å². The minimum absolute atomic E-state index is 0.203. The lowest BCUT2D eigenvalue weighted by Gasteiger charge is -2.05. The van der Waals surface area contributed by atoms with E-state index in [-0.39, 0.29) is 17.2 Å². The number of hydrogen-bond donors (Lipinski definition) is 1. The molecule has 2 heterocycles. The highest BCUT2D eigenvalue weighted by Crippen LogP contribution is 2.27. The average Bonchev–Trinajstić information content (AvgIpc) is 2.93. The van der Waals surface area contributed by atoms with E-state index in [0.29, 0.717) is 11.7 Å². The molecule has 2 aromatic heterocycles. The van der Waals surface area contributed by atoms with Crippen molar-refractivity contribution in [3.8, 4) is 0 Å². The molecule has 3 aromatic rings. The molecule has 7 heteroatoms. The molecule has 0 aliphatic carbocycles. The maximum Gasteiger partial charge on any atom is 0.277 e. The Labute approximate surface area is 136 Å². The molecule has 1 N–H and O–H groups in total. The van der Waals surface area contributed by atoms with Crippen molar-refractivity contribution in [2.24, 2.45) is 0 Å². The van der Waals surface area contributed by atoms with Crippen molar-refractivity contribution in [1.29, 1.82) is 0 Å². The van der Waals surface area contributed by atoms with E-state index in [1.165, 1.54) is 28.2 Å². The first-order valence-electron chi connectivity index (χ1n) is 7.34. The normalized spacial score (nSPS) is 10.9. The van der Waals surface area contributed by atoms with E-state index >= 15 is 0 Å². The third kappa shape index (κ3) is 3.14. The Hall–Kier alpha value is -2.54. The summed E-state index contributed by atoms with van der Waals surface area (Å²) in [6, 6.07) is 8.71. The molecule has 0 saturated carbocycles. The molecule has 3 rings (SSSR count). The molecule has 118 valence electrons. The van der Waals surface area contributed by atoms with Crippen molar-refractivity contribution in [3.05, 3.63) is 51.9 Å². The number of thiazole rings is 1. The maximum atomic E-state index is 12.3. The van der Waals surface area contributed by atoms with Gasteiger partial charge in [0.15, 0.2) is 5.13 Å². The molecule has 0 unspecified atom stereocenters. The number of para-hydroxylation sites is 1. The second-order valence-electron chi connectivity index (χ2n) is 5.17. The summed E-state index contributed by atoms with van der Waals surface area (Å²) in [7, 11) is 0. The molecule has 1 amide bonds. The van der Waals surface area contributed by atoms with Gasteiger partial charge in [0.25, 0.3) is 11.5 Å². The predicted octanol–water partition coefficient (Wildman–Crippen LogP) is 2.82. The summed E-state index contributed by atoms with van der Waals surface area (Å²) >= 11 is 1.41. The highest BCUT2D eigenvalue weighted by molar-refractivity contribution is 7.22. The molecule has 1 aromatic carbocycles. The molecule has 0 atom stereocenters. The number of carbonyl (C=O) groups is 1. The van der Waals surface area contributed by atoms with Crippen molar-refractivity contribution in [3.63, 3.8) is 0 Å². The van der Waals surface area contributed by atoms with Crippen LogP contribution in [0.3, 0.4) is 0 Å². The van der Waals surface area contributed by atoms with Crippen molar-refractivity contribution < 1.29 is 4.79 Å². The van der Waals surface area contributed by atoms with Crippen LogP contribution in [-0.4, -0.2) is 20.7 Å². The van der Waals surface area contributed by atoms with Crippen LogP contribution in [0.15, 0.2) is 35.1 Å². The Morgan fingerprint density at radius 1 is 1.30 bits per heavy atom. The van der Waals surface area contributed by atoms with Crippen LogP contribution in [0.25, 0.3) is 10.2 Å². The molecule has 0 spiro atoms. The number of benzene rings is 1. The van der Waals surface area contributed by atoms with Gasteiger partial charge in [-0.2, -0.15) is 5.10 Å². The van der Waals surface area contributed by atoms with E-state index in [0.717, 1.165) is 22.2 Å². The van der Waals surface area contributed by atoms with Gasteiger partial charge < -0.3 is 0 Å². The maximum absolute atomic E-state index is 12.3. The highest BCUT2D eigenvalue weighted by Gasteiger charge is 2.13. The summed E-state index contributed by atoms with van der Waals surface area (Å²) in [6.07, 6.45) is 0.773. The first-order chi connectivity index (χ1) is 11.1. The lowest BCUT2D eigenvalue weighted by molar-refractivity contribution is 0.102. The zero-order valence-electron chi connectivity index (χ0n) is 12.9. The van der Waals surface area contributed by atoms with Gasteiger partial charge >= 0.3 is 0 Å². The summed E-state index contributed by atoms with van der Waals surface area (Å²) < 4.78 is 2.32. The van der Waals surface area contributed by atoms with E-state index in [2.05, 4.69) is 15.4 Å². The summed E-state index contributed by atoms with van der Waals surface area (Å²) in [5.74, 6) is -0.369. The van der Waals surface area contributed by atoms with Crippen LogP contribution in [-0.2, 0) is 6.54 Å². The van der Waals surface area contributed by atoms with Crippen molar-refractivity contribution in [2.75, 3.05) is 5.32 Å². The molecule has 0 aliphatic heterocycles. The SMILES string of the molecule is CCCn1nc(C(=O)Nc2nc3c(C)cccc3s2)ccc1=O. The number of nitrogens with one attached hydrogen (secondary N) is 1. The summed E-state index contributed by atoms with van der Waals surface area (Å²) in [4.78, 5) is 28.4. The predicted molar refractivity (Wildman–Crippen MR) is 91.1 cm³/mol. The fourth-order valence-corrected chi connectivity index (χ4v) is 3.18. The lowest BCUT2D eigenvalue weighted by atomic mass is 10.2. The number of rotatable bonds is 4. The van der Waals surface area contributed by atoms with Crippen LogP contribution in [0.5, 0.6) is 0 Å². The third-order valence-corrected chi connectivity index (χ3v) is 4.31. The Morgan fingerprint density at radius 2 is 2.13 bits per heavy atom. The van der Waals surface area contributed by atoms with Gasteiger partial charge in [-0.25, -0.2) is 9.67 Å². The third-order valence-electron chi connectivity index (χ3n) is 3.38. The van der Waals surface area contributed by atoms with Crippen LogP contribution in [0, 0.1) is 6.92 Å². The number of fused-ring (bicyclic) bond motifs is 1. The Morgan fingerprint density at radius 3 is 2.87 bits per heavy atom. The molecule has 0 saturated heterocycles. The number of nitrogens with zero attached hydrogens (tertiary/aromatic N) is 3. The van der Waals surface area contributed by atoms with Gasteiger partial charge in [-0.15, -0.1) is 0 Å². The van der Waals surface area contributed by atoms with Gasteiger partial charge in [0.05, 0.1) is 10.2 Å². The van der Waals surface area contributed by atoms with E-state index in [9.17, 15) is 9.59 Å². The van der Waals surface area contributed by atoms with Crippen molar-refractivity contribution in [1.82, 2.24) is 14.8 Å². The largest absolute Gasteiger partial charge is 0.296 e. The standard InChI is InChI=1S/C16H16N4O2S/c1-3-9-20-13(21)8-7-11(19-20)15(22)18-16-17-14-10(2)5-4-6-12(14)23-16/h4-8H,3,9H2,1-2H3,(H,17,18,22). The molecule has 23 heavy (non-hydrogen) atoms. The first kappa shape index (κ1) is 15.4. The number of hydrogen-bond acceptors (Lipinski definition) is 5. The van der Waals surface area contributed by atoms with Gasteiger partial charge in [-0.05, 0) is 31.0 Å². The Balaban J connectivity index is 1.87. The minimum atomic E-state index is -0.369. The topological polar surface area (TPSA) is 76.9 Å². The summed E-state index contributed by atoms with van der Waals surface area (Å²) in [5, 5.41) is 7.38. The van der Waals surface area contributed by atoms with Gasteiger partial charge in [-0.3, -0.25) is 14.9 Å². The lowest BCUT2D eigenvalue weighted by Crippen LogP contribution is -2.26. The van der Waals surface area contributed by atoms with Crippen LogP contribution >= 0.6 is 11.3 Å². The van der Waals surface area contributed by atoms with Crippen LogP contribution in [0.1, 0.15) is 29.4 Å². The molecule has 0 radical (unpaired) electrons. The van der Waals surface area contributed by atoms with Crippen molar-refractivity contribution >= 4 is 32.6 Å². The number of carbonyl (C=O) groups excluding carboxylic acids is 1. The highest BCUT2D eigenvalue weighted by atomic mass is 32.1. The average molecular weight is 328 g/mol. The van der Waals surface area contributed by atoms with Gasteiger partial charge in [-0.1, -0.05) is 30.4 Å². The zero-order chi connectivity index (χ0) is 16.4. The Bertz CT molecular complexity index is 929. The second kappa shape index (κ2) is 6.29. The van der Waals surface area contributed by atoms with Gasteiger partial charge in [0.1, 0.15) is 5.69 Å². The van der Waals surface area contributed by atoms with E-state index in [4.69, 9.17) is 0 Å². The minimum Gasteiger partial charge on any atom is -0.296 e. The van der Waals surface area contributed by atoms with Gasteiger partial charge in [0.2, 0.25) is 0 Å². The monoisotopic (exact) mass is 328 g/mol. The van der Waals surface area contributed by atoms with Crippen LogP contribution in [0.4, 0.5) is 5.13 Å². The molecule has 6 nitrogen and oxygen atoms in total. The number of amides is 1. The summed E-state index contributed by atoms with van der Waals surface area (Å²) in [5.41, 5.74) is 1.94. The van der Waals surface area contributed by atoms with E-state index in [1.807, 2.05) is 32.0 Å². The number of aromatic nitrogens is 3. The second-order valence-corrected chi connectivity index (χ2v) is 6.21. The van der Waals surface area contributed by atoms with Crippen molar-refractivity contribution in [2.45, 2.75) is 26.8 Å². The number of anilines is 1. The fourth-order valence-electron chi connectivity index (χ4n) is 2.24. The molecule has 0 aliphatic rings. The first-order valence-corrected chi connectivity index (χ1v) is 8.16. The summed E-state index contributed by atoms with van der Waals surface area (Å²) in [6.45, 7) is 4.42. The molecular formula is C16H16N4O2S.